The zero-order chi connectivity index (χ0) is 11.8. The van der Waals surface area contributed by atoms with Gasteiger partial charge in [-0.2, -0.15) is 13.2 Å². The lowest BCUT2D eigenvalue weighted by atomic mass is 10.2. The van der Waals surface area contributed by atoms with Crippen molar-refractivity contribution >= 4 is 23.3 Å². The van der Waals surface area contributed by atoms with Crippen molar-refractivity contribution in [1.82, 2.24) is 4.98 Å². The van der Waals surface area contributed by atoms with Gasteiger partial charge in [0.15, 0.2) is 5.69 Å². The first-order valence-electron chi connectivity index (χ1n) is 3.50. The number of nitrogens with two attached hydrogens (primary N) is 1. The zero-order valence-corrected chi connectivity index (χ0v) is 7.73. The van der Waals surface area contributed by atoms with Gasteiger partial charge in [-0.05, 0) is 6.07 Å². The second-order valence-corrected chi connectivity index (χ2v) is 2.93. The third-order valence-electron chi connectivity index (χ3n) is 1.51. The highest BCUT2D eigenvalue weighted by Gasteiger charge is 2.35. The van der Waals surface area contributed by atoms with E-state index in [0.29, 0.717) is 6.07 Å². The minimum atomic E-state index is -4.71. The van der Waals surface area contributed by atoms with Crippen LogP contribution >= 0.6 is 11.6 Å². The van der Waals surface area contributed by atoms with Crippen LogP contribution in [0, 0.1) is 0 Å². The smallest absolute Gasteiger partial charge is 0.419 e. The quantitative estimate of drug-likeness (QED) is 0.737. The predicted octanol–water partition coefficient (Wildman–Crippen LogP) is 2.03. The number of carboxylic acid groups (broad SMARTS) is 1. The summed E-state index contributed by atoms with van der Waals surface area (Å²) in [7, 11) is 0. The summed E-state index contributed by atoms with van der Waals surface area (Å²) < 4.78 is 36.7. The summed E-state index contributed by atoms with van der Waals surface area (Å²) in [6.45, 7) is 0. The molecule has 0 aliphatic heterocycles. The Bertz CT molecular complexity index is 419. The number of aromatic nitrogens is 1. The van der Waals surface area contributed by atoms with Gasteiger partial charge in [0, 0.05) is 0 Å². The van der Waals surface area contributed by atoms with Crippen LogP contribution in [0.15, 0.2) is 6.07 Å². The van der Waals surface area contributed by atoms with Crippen molar-refractivity contribution in [1.29, 1.82) is 0 Å². The Kier molecular flexibility index (Phi) is 2.76. The number of anilines is 1. The number of hydrogen-bond donors (Lipinski definition) is 2. The maximum Gasteiger partial charge on any atom is 0.419 e. The predicted molar refractivity (Wildman–Crippen MR) is 45.6 cm³/mol. The number of carboxylic acids is 1. The zero-order valence-electron chi connectivity index (χ0n) is 6.97. The topological polar surface area (TPSA) is 76.2 Å². The van der Waals surface area contributed by atoms with Gasteiger partial charge in [-0.1, -0.05) is 11.6 Å². The first-order chi connectivity index (χ1) is 6.73. The van der Waals surface area contributed by atoms with Gasteiger partial charge in [0.2, 0.25) is 0 Å². The molecule has 4 nitrogen and oxygen atoms in total. The third kappa shape index (κ3) is 2.30. The van der Waals surface area contributed by atoms with Crippen LogP contribution in [0.5, 0.6) is 0 Å². The Morgan fingerprint density at radius 2 is 2.07 bits per heavy atom. The van der Waals surface area contributed by atoms with E-state index in [0.717, 1.165) is 0 Å². The summed E-state index contributed by atoms with van der Waals surface area (Å²) >= 11 is 5.18. The van der Waals surface area contributed by atoms with Gasteiger partial charge in [0.05, 0.1) is 11.3 Å². The third-order valence-corrected chi connectivity index (χ3v) is 1.80. The van der Waals surface area contributed by atoms with E-state index in [1.54, 1.807) is 0 Å². The number of aromatic carboxylic acids is 1. The Balaban J connectivity index is 3.39. The van der Waals surface area contributed by atoms with Crippen LogP contribution in [0.3, 0.4) is 0 Å². The summed E-state index contributed by atoms with van der Waals surface area (Å²) in [5.74, 6) is -1.54. The summed E-state index contributed by atoms with van der Waals surface area (Å²) in [6, 6.07) is 0.443. The van der Waals surface area contributed by atoms with Crippen LogP contribution in [0.25, 0.3) is 0 Å². The molecule has 1 rings (SSSR count). The molecule has 0 aromatic carbocycles. The van der Waals surface area contributed by atoms with Gasteiger partial charge in [0.25, 0.3) is 0 Å². The second-order valence-electron chi connectivity index (χ2n) is 2.57. The summed E-state index contributed by atoms with van der Waals surface area (Å²) in [5, 5.41) is 7.57. The molecule has 0 unspecified atom stereocenters. The van der Waals surface area contributed by atoms with Crippen molar-refractivity contribution in [2.24, 2.45) is 0 Å². The van der Waals surface area contributed by atoms with Crippen molar-refractivity contribution in [3.05, 3.63) is 22.5 Å². The largest absolute Gasteiger partial charge is 0.476 e. The molecule has 0 bridgehead atoms. The molecule has 0 atom stereocenters. The number of rotatable bonds is 1. The van der Waals surface area contributed by atoms with Gasteiger partial charge in [-0.15, -0.1) is 0 Å². The lowest BCUT2D eigenvalue weighted by Crippen LogP contribution is -2.12. The molecule has 3 N–H and O–H groups in total. The van der Waals surface area contributed by atoms with Crippen LogP contribution in [0.1, 0.15) is 16.1 Å². The summed E-state index contributed by atoms with van der Waals surface area (Å²) in [5.41, 5.74) is 2.54. The number of alkyl halides is 3. The standard InChI is InChI=1S/C7H4ClF3N2O2/c8-5-2(7(9,10)11)1-3(12)4(13-5)6(14)15/h1H,12H2,(H,14,15). The molecule has 1 aromatic heterocycles. The van der Waals surface area contributed by atoms with E-state index >= 15 is 0 Å². The van der Waals surface area contributed by atoms with Gasteiger partial charge in [-0.3, -0.25) is 0 Å². The van der Waals surface area contributed by atoms with Gasteiger partial charge in [-0.25, -0.2) is 9.78 Å². The molecule has 0 radical (unpaired) electrons. The Labute approximate surface area is 86.5 Å². The molecule has 0 aliphatic rings. The fraction of sp³-hybridized carbons (Fsp3) is 0.143. The molecular formula is C7H4ClF3N2O2. The number of pyridine rings is 1. The van der Waals surface area contributed by atoms with E-state index in [-0.39, 0.29) is 0 Å². The number of nitrogen functional groups attached to an aromatic ring is 1. The second kappa shape index (κ2) is 3.58. The highest BCUT2D eigenvalue weighted by molar-refractivity contribution is 6.30. The van der Waals surface area contributed by atoms with E-state index in [4.69, 9.17) is 22.4 Å². The van der Waals surface area contributed by atoms with Gasteiger partial charge >= 0.3 is 12.1 Å². The molecule has 15 heavy (non-hydrogen) atoms. The summed E-state index contributed by atoms with van der Waals surface area (Å²) in [6.07, 6.45) is -4.71. The van der Waals surface area contributed by atoms with Crippen molar-refractivity contribution in [3.63, 3.8) is 0 Å². The van der Waals surface area contributed by atoms with Crippen LogP contribution in [0.2, 0.25) is 5.15 Å². The van der Waals surface area contributed by atoms with Crippen molar-refractivity contribution in [2.45, 2.75) is 6.18 Å². The summed E-state index contributed by atoms with van der Waals surface area (Å²) in [4.78, 5) is 13.5. The molecule has 0 fully saturated rings. The number of carbonyl (C=O) groups is 1. The Hall–Kier alpha value is -1.50. The van der Waals surface area contributed by atoms with E-state index in [1.165, 1.54) is 0 Å². The fourth-order valence-corrected chi connectivity index (χ4v) is 1.12. The molecule has 0 spiro atoms. The van der Waals surface area contributed by atoms with E-state index in [9.17, 15) is 18.0 Å². The molecule has 82 valence electrons. The van der Waals surface area contributed by atoms with E-state index < -0.39 is 34.2 Å². The first-order valence-corrected chi connectivity index (χ1v) is 3.87. The molecule has 0 amide bonds. The molecule has 1 aromatic rings. The van der Waals surface area contributed by atoms with Crippen LogP contribution in [-0.4, -0.2) is 16.1 Å². The molecule has 0 saturated carbocycles. The average molecular weight is 241 g/mol. The molecule has 0 aliphatic carbocycles. The average Bonchev–Trinajstić information content (AvgIpc) is 2.06. The molecule has 0 saturated heterocycles. The minimum absolute atomic E-state index is 0.443. The van der Waals surface area contributed by atoms with Crippen molar-refractivity contribution in [2.75, 3.05) is 5.73 Å². The number of nitrogens with zero attached hydrogens (tertiary/aromatic N) is 1. The van der Waals surface area contributed by atoms with Crippen molar-refractivity contribution in [3.8, 4) is 0 Å². The van der Waals surface area contributed by atoms with Gasteiger partial charge in [0.1, 0.15) is 5.15 Å². The Morgan fingerprint density at radius 3 is 2.47 bits per heavy atom. The first kappa shape index (κ1) is 11.6. The molecule has 8 heteroatoms. The lowest BCUT2D eigenvalue weighted by Gasteiger charge is -2.10. The van der Waals surface area contributed by atoms with Crippen LogP contribution in [-0.2, 0) is 6.18 Å². The maximum absolute atomic E-state index is 12.2. The maximum atomic E-state index is 12.2. The highest BCUT2D eigenvalue weighted by Crippen LogP contribution is 2.35. The van der Waals surface area contributed by atoms with Crippen LogP contribution < -0.4 is 5.73 Å². The normalized spacial score (nSPS) is 11.5. The molecular weight excluding hydrogens is 237 g/mol. The minimum Gasteiger partial charge on any atom is -0.476 e. The monoisotopic (exact) mass is 240 g/mol. The van der Waals surface area contributed by atoms with Crippen LogP contribution in [0.4, 0.5) is 18.9 Å². The number of halogens is 4. The SMILES string of the molecule is Nc1cc(C(F)(F)F)c(Cl)nc1C(=O)O. The number of hydrogen-bond acceptors (Lipinski definition) is 3. The fourth-order valence-electron chi connectivity index (χ4n) is 0.876. The molecule has 1 heterocycles. The van der Waals surface area contributed by atoms with E-state index in [2.05, 4.69) is 4.98 Å². The highest BCUT2D eigenvalue weighted by atomic mass is 35.5. The lowest BCUT2D eigenvalue weighted by molar-refractivity contribution is -0.137. The Morgan fingerprint density at radius 1 is 1.53 bits per heavy atom. The van der Waals surface area contributed by atoms with Crippen molar-refractivity contribution < 1.29 is 23.1 Å². The van der Waals surface area contributed by atoms with Gasteiger partial charge < -0.3 is 10.8 Å². The van der Waals surface area contributed by atoms with E-state index in [1.807, 2.05) is 0 Å².